The smallest absolute Gasteiger partial charge is 0.251 e. The molecule has 2 N–H and O–H groups in total. The van der Waals surface area contributed by atoms with Crippen molar-refractivity contribution in [1.82, 2.24) is 10.0 Å². The molecule has 0 saturated heterocycles. The van der Waals surface area contributed by atoms with Crippen molar-refractivity contribution < 1.29 is 27.4 Å². The molecule has 2 aromatic rings. The molecule has 0 aliphatic rings. The Hall–Kier alpha value is -2.78. The van der Waals surface area contributed by atoms with Crippen LogP contribution in [0.2, 0.25) is 0 Å². The Kier molecular flexibility index (Phi) is 6.65. The molecule has 0 spiro atoms. The third-order valence-corrected chi connectivity index (χ3v) is 5.30. The lowest BCUT2D eigenvalue weighted by Gasteiger charge is -2.14. The first-order valence-corrected chi connectivity index (χ1v) is 9.45. The van der Waals surface area contributed by atoms with Gasteiger partial charge < -0.3 is 19.5 Å². The van der Waals surface area contributed by atoms with Gasteiger partial charge in [-0.3, -0.25) is 4.79 Å². The predicted octanol–water partition coefficient (Wildman–Crippen LogP) is 1.55. The van der Waals surface area contributed by atoms with E-state index < -0.39 is 10.0 Å². The number of sulfonamides is 1. The largest absolute Gasteiger partial charge is 0.493 e. The van der Waals surface area contributed by atoms with Crippen LogP contribution in [0.4, 0.5) is 0 Å². The van der Waals surface area contributed by atoms with E-state index >= 15 is 0 Å². The molecule has 0 saturated carbocycles. The fourth-order valence-corrected chi connectivity index (χ4v) is 3.16. The number of carbonyl (C=O) groups excluding carboxylic acids is 1. The van der Waals surface area contributed by atoms with Crippen LogP contribution in [0.25, 0.3) is 0 Å². The van der Waals surface area contributed by atoms with E-state index in [1.165, 1.54) is 52.6 Å². The molecule has 9 heteroatoms. The predicted molar refractivity (Wildman–Crippen MR) is 100.0 cm³/mol. The monoisotopic (exact) mass is 394 g/mol. The molecular formula is C18H22N2O6S. The van der Waals surface area contributed by atoms with Crippen molar-refractivity contribution in [3.63, 3.8) is 0 Å². The van der Waals surface area contributed by atoms with E-state index in [2.05, 4.69) is 10.0 Å². The van der Waals surface area contributed by atoms with Gasteiger partial charge in [-0.2, -0.15) is 0 Å². The summed E-state index contributed by atoms with van der Waals surface area (Å²) in [5.41, 5.74) is 1.10. The first kappa shape index (κ1) is 20.5. The number of amides is 1. The molecular weight excluding hydrogens is 372 g/mol. The second-order valence-electron chi connectivity index (χ2n) is 5.45. The molecule has 2 aromatic carbocycles. The number of ether oxygens (including phenoxy) is 3. The molecule has 1 amide bonds. The van der Waals surface area contributed by atoms with E-state index in [9.17, 15) is 13.2 Å². The van der Waals surface area contributed by atoms with Gasteiger partial charge in [-0.25, -0.2) is 13.1 Å². The highest BCUT2D eigenvalue weighted by molar-refractivity contribution is 7.89. The summed E-state index contributed by atoms with van der Waals surface area (Å²) >= 11 is 0. The Morgan fingerprint density at radius 3 is 1.96 bits per heavy atom. The maximum Gasteiger partial charge on any atom is 0.251 e. The zero-order chi connectivity index (χ0) is 20.0. The first-order valence-electron chi connectivity index (χ1n) is 7.97. The summed E-state index contributed by atoms with van der Waals surface area (Å²) in [5.74, 6) is 1.11. The Bertz CT molecular complexity index is 885. The summed E-state index contributed by atoms with van der Waals surface area (Å²) < 4.78 is 41.5. The maximum absolute atomic E-state index is 12.3. The van der Waals surface area contributed by atoms with Gasteiger partial charge in [0.1, 0.15) is 0 Å². The summed E-state index contributed by atoms with van der Waals surface area (Å²) in [5, 5.41) is 2.77. The summed E-state index contributed by atoms with van der Waals surface area (Å²) in [7, 11) is 2.33. The van der Waals surface area contributed by atoms with Crippen molar-refractivity contribution >= 4 is 15.9 Å². The normalized spacial score (nSPS) is 11.0. The van der Waals surface area contributed by atoms with E-state index in [4.69, 9.17) is 14.2 Å². The minimum atomic E-state index is -3.54. The number of rotatable bonds is 8. The van der Waals surface area contributed by atoms with Gasteiger partial charge in [0, 0.05) is 12.1 Å². The second kappa shape index (κ2) is 8.74. The van der Waals surface area contributed by atoms with Crippen molar-refractivity contribution in [3.8, 4) is 17.2 Å². The molecule has 8 nitrogen and oxygen atoms in total. The number of hydrogen-bond donors (Lipinski definition) is 2. The minimum absolute atomic E-state index is 0.0891. The zero-order valence-corrected chi connectivity index (χ0v) is 16.3. The number of nitrogens with one attached hydrogen (secondary N) is 2. The second-order valence-corrected chi connectivity index (χ2v) is 7.33. The van der Waals surface area contributed by atoms with Gasteiger partial charge >= 0.3 is 0 Å². The Morgan fingerprint density at radius 2 is 1.52 bits per heavy atom. The van der Waals surface area contributed by atoms with Gasteiger partial charge in [0.25, 0.3) is 5.91 Å². The molecule has 0 atom stereocenters. The lowest BCUT2D eigenvalue weighted by Crippen LogP contribution is -2.23. The quantitative estimate of drug-likeness (QED) is 0.704. The summed E-state index contributed by atoms with van der Waals surface area (Å²) in [6.45, 7) is 0.228. The first-order chi connectivity index (χ1) is 12.9. The van der Waals surface area contributed by atoms with Crippen LogP contribution in [-0.2, 0) is 16.6 Å². The lowest BCUT2D eigenvalue weighted by atomic mass is 10.1. The van der Waals surface area contributed by atoms with Gasteiger partial charge in [0.15, 0.2) is 11.5 Å². The molecule has 0 fully saturated rings. The van der Waals surface area contributed by atoms with Crippen LogP contribution in [0, 0.1) is 0 Å². The van der Waals surface area contributed by atoms with Crippen molar-refractivity contribution in [1.29, 1.82) is 0 Å². The highest BCUT2D eigenvalue weighted by atomic mass is 32.2. The fourth-order valence-electron chi connectivity index (χ4n) is 2.43. The van der Waals surface area contributed by atoms with Crippen molar-refractivity contribution in [2.45, 2.75) is 11.4 Å². The molecule has 0 bridgehead atoms. The molecule has 0 aliphatic carbocycles. The molecule has 146 valence electrons. The number of carbonyl (C=O) groups is 1. The standard InChI is InChI=1S/C18H22N2O6S/c1-19-27(22,23)14-7-5-13(6-8-14)18(21)20-11-12-9-15(24-2)17(26-4)16(10-12)25-3/h5-10,19H,11H2,1-4H3,(H,20,21). The fraction of sp³-hybridized carbons (Fsp3) is 0.278. The zero-order valence-electron chi connectivity index (χ0n) is 15.5. The summed E-state index contributed by atoms with van der Waals surface area (Å²) in [6.07, 6.45) is 0. The number of methoxy groups -OCH3 is 3. The van der Waals surface area contributed by atoms with E-state index in [-0.39, 0.29) is 17.3 Å². The number of hydrogen-bond acceptors (Lipinski definition) is 6. The van der Waals surface area contributed by atoms with E-state index in [1.54, 1.807) is 12.1 Å². The molecule has 0 radical (unpaired) electrons. The molecule has 27 heavy (non-hydrogen) atoms. The van der Waals surface area contributed by atoms with Gasteiger partial charge in [-0.05, 0) is 49.0 Å². The van der Waals surface area contributed by atoms with Crippen LogP contribution in [0.15, 0.2) is 41.3 Å². The molecule has 2 rings (SSSR count). The van der Waals surface area contributed by atoms with Crippen LogP contribution >= 0.6 is 0 Å². The SMILES string of the molecule is CNS(=O)(=O)c1ccc(C(=O)NCc2cc(OC)c(OC)c(OC)c2)cc1. The summed E-state index contributed by atoms with van der Waals surface area (Å²) in [4.78, 5) is 12.4. The van der Waals surface area contributed by atoms with Crippen molar-refractivity contribution in [3.05, 3.63) is 47.5 Å². The van der Waals surface area contributed by atoms with Gasteiger partial charge in [-0.15, -0.1) is 0 Å². The Balaban J connectivity index is 2.13. The summed E-state index contributed by atoms with van der Waals surface area (Å²) in [6, 6.07) is 9.14. The third-order valence-electron chi connectivity index (χ3n) is 3.87. The average molecular weight is 394 g/mol. The van der Waals surface area contributed by atoms with Crippen LogP contribution in [0.5, 0.6) is 17.2 Å². The lowest BCUT2D eigenvalue weighted by molar-refractivity contribution is 0.0950. The molecule has 0 unspecified atom stereocenters. The topological polar surface area (TPSA) is 103 Å². The molecule has 0 aliphatic heterocycles. The van der Waals surface area contributed by atoms with E-state index in [0.717, 1.165) is 5.56 Å². The van der Waals surface area contributed by atoms with Crippen molar-refractivity contribution in [2.75, 3.05) is 28.4 Å². The Morgan fingerprint density at radius 1 is 0.963 bits per heavy atom. The molecule has 0 heterocycles. The number of benzene rings is 2. The van der Waals surface area contributed by atoms with Gasteiger partial charge in [-0.1, -0.05) is 0 Å². The van der Waals surface area contributed by atoms with Crippen LogP contribution in [-0.4, -0.2) is 42.7 Å². The van der Waals surface area contributed by atoms with E-state index in [1.807, 2.05) is 0 Å². The van der Waals surface area contributed by atoms with Crippen LogP contribution in [0.1, 0.15) is 15.9 Å². The highest BCUT2D eigenvalue weighted by Gasteiger charge is 2.15. The van der Waals surface area contributed by atoms with E-state index in [0.29, 0.717) is 22.8 Å². The third kappa shape index (κ3) is 4.69. The minimum Gasteiger partial charge on any atom is -0.493 e. The van der Waals surface area contributed by atoms with Crippen molar-refractivity contribution in [2.24, 2.45) is 0 Å². The maximum atomic E-state index is 12.3. The molecule has 0 aromatic heterocycles. The van der Waals surface area contributed by atoms with Gasteiger partial charge in [0.05, 0.1) is 26.2 Å². The van der Waals surface area contributed by atoms with Crippen LogP contribution in [0.3, 0.4) is 0 Å². The average Bonchev–Trinajstić information content (AvgIpc) is 2.70. The van der Waals surface area contributed by atoms with Gasteiger partial charge in [0.2, 0.25) is 15.8 Å². The highest BCUT2D eigenvalue weighted by Crippen LogP contribution is 2.38. The van der Waals surface area contributed by atoms with Crippen LogP contribution < -0.4 is 24.2 Å². The Labute approximate surface area is 158 Å².